The van der Waals surface area contributed by atoms with Crippen molar-refractivity contribution in [2.45, 2.75) is 19.9 Å². The summed E-state index contributed by atoms with van der Waals surface area (Å²) in [6.45, 7) is 4.09. The summed E-state index contributed by atoms with van der Waals surface area (Å²) in [4.78, 5) is 1.27. The lowest BCUT2D eigenvalue weighted by atomic mass is 9.96. The Hall–Kier alpha value is -1.19. The molecule has 0 aliphatic rings. The lowest BCUT2D eigenvalue weighted by molar-refractivity contribution is 0.615. The molecule has 0 aliphatic heterocycles. The molecule has 0 bridgehead atoms. The highest BCUT2D eigenvalue weighted by molar-refractivity contribution is 7.10. The third-order valence-corrected chi connectivity index (χ3v) is 3.80. The molecule has 0 saturated heterocycles. The van der Waals surface area contributed by atoms with Crippen molar-refractivity contribution >= 4 is 11.3 Å². The van der Waals surface area contributed by atoms with E-state index in [1.807, 2.05) is 20.0 Å². The summed E-state index contributed by atoms with van der Waals surface area (Å²) in [5.74, 6) is -0.183. The largest absolute Gasteiger partial charge is 0.309 e. The molecule has 1 aromatic carbocycles. The van der Waals surface area contributed by atoms with Gasteiger partial charge >= 0.3 is 0 Å². The molecule has 2 rings (SSSR count). The Balaban J connectivity index is 2.45. The van der Waals surface area contributed by atoms with Crippen molar-refractivity contribution in [3.05, 3.63) is 57.0 Å². The molecule has 0 fully saturated rings. The Morgan fingerprint density at radius 1 is 1.24 bits per heavy atom. The number of rotatable bonds is 3. The monoisotopic (exact) mass is 249 g/mol. The van der Waals surface area contributed by atoms with E-state index in [-0.39, 0.29) is 11.9 Å². The van der Waals surface area contributed by atoms with Crippen molar-refractivity contribution in [1.29, 1.82) is 0 Å². The van der Waals surface area contributed by atoms with Crippen LogP contribution in [0.15, 0.2) is 29.6 Å². The maximum Gasteiger partial charge on any atom is 0.123 e. The van der Waals surface area contributed by atoms with Gasteiger partial charge in [0.05, 0.1) is 6.04 Å². The van der Waals surface area contributed by atoms with Crippen molar-refractivity contribution in [2.24, 2.45) is 0 Å². The van der Waals surface area contributed by atoms with E-state index in [2.05, 4.69) is 23.7 Å². The molecule has 0 amide bonds. The van der Waals surface area contributed by atoms with Gasteiger partial charge in [0.15, 0.2) is 0 Å². The zero-order valence-electron chi connectivity index (χ0n) is 10.3. The van der Waals surface area contributed by atoms with Crippen molar-refractivity contribution in [3.63, 3.8) is 0 Å². The van der Waals surface area contributed by atoms with Gasteiger partial charge in [0.1, 0.15) is 5.82 Å². The Morgan fingerprint density at radius 3 is 2.59 bits per heavy atom. The highest BCUT2D eigenvalue weighted by Crippen LogP contribution is 2.28. The third kappa shape index (κ3) is 2.56. The fraction of sp³-hybridized carbons (Fsp3) is 0.286. The Morgan fingerprint density at radius 2 is 2.00 bits per heavy atom. The molecule has 1 N–H and O–H groups in total. The van der Waals surface area contributed by atoms with Crippen LogP contribution in [0.4, 0.5) is 4.39 Å². The lowest BCUT2D eigenvalue weighted by Crippen LogP contribution is -2.18. The fourth-order valence-electron chi connectivity index (χ4n) is 2.04. The van der Waals surface area contributed by atoms with E-state index >= 15 is 0 Å². The summed E-state index contributed by atoms with van der Waals surface area (Å²) in [7, 11) is 1.90. The molecular weight excluding hydrogens is 233 g/mol. The Kier molecular flexibility index (Phi) is 3.60. The second kappa shape index (κ2) is 4.98. The standard InChI is InChI=1S/C14H16FNS/c1-9-4-5-12(15)7-13(9)14(16-3)11-6-10(2)17-8-11/h4-8,14,16H,1-3H3. The van der Waals surface area contributed by atoms with Gasteiger partial charge in [0.2, 0.25) is 0 Å². The molecule has 0 aliphatic carbocycles. The maximum atomic E-state index is 13.3. The summed E-state index contributed by atoms with van der Waals surface area (Å²) < 4.78 is 13.3. The van der Waals surface area contributed by atoms with Gasteiger partial charge in [-0.3, -0.25) is 0 Å². The van der Waals surface area contributed by atoms with Gasteiger partial charge in [-0.15, -0.1) is 11.3 Å². The average Bonchev–Trinajstić information content (AvgIpc) is 2.71. The highest BCUT2D eigenvalue weighted by atomic mass is 32.1. The smallest absolute Gasteiger partial charge is 0.123 e. The SMILES string of the molecule is CNC(c1csc(C)c1)c1cc(F)ccc1C. The first-order valence-electron chi connectivity index (χ1n) is 5.60. The van der Waals surface area contributed by atoms with Crippen molar-refractivity contribution in [3.8, 4) is 0 Å². The van der Waals surface area contributed by atoms with Crippen LogP contribution in [0.2, 0.25) is 0 Å². The average molecular weight is 249 g/mol. The molecule has 3 heteroatoms. The van der Waals surface area contributed by atoms with E-state index < -0.39 is 0 Å². The van der Waals surface area contributed by atoms with Crippen LogP contribution < -0.4 is 5.32 Å². The summed E-state index contributed by atoms with van der Waals surface area (Å²) >= 11 is 1.72. The lowest BCUT2D eigenvalue weighted by Gasteiger charge is -2.18. The van der Waals surface area contributed by atoms with E-state index in [4.69, 9.17) is 0 Å². The van der Waals surface area contributed by atoms with Crippen LogP contribution in [0.1, 0.15) is 27.6 Å². The minimum absolute atomic E-state index is 0.0654. The van der Waals surface area contributed by atoms with Crippen molar-refractivity contribution in [2.75, 3.05) is 7.05 Å². The van der Waals surface area contributed by atoms with Crippen LogP contribution in [-0.4, -0.2) is 7.05 Å². The number of nitrogens with one attached hydrogen (secondary N) is 1. The van der Waals surface area contributed by atoms with Gasteiger partial charge in [-0.2, -0.15) is 0 Å². The first kappa shape index (κ1) is 12.3. The van der Waals surface area contributed by atoms with Crippen molar-refractivity contribution < 1.29 is 4.39 Å². The maximum absolute atomic E-state index is 13.3. The Bertz CT molecular complexity index is 519. The van der Waals surface area contributed by atoms with Crippen LogP contribution >= 0.6 is 11.3 Å². The third-order valence-electron chi connectivity index (χ3n) is 2.93. The number of thiophene rings is 1. The van der Waals surface area contributed by atoms with E-state index in [0.717, 1.165) is 11.1 Å². The molecule has 1 aromatic heterocycles. The molecular formula is C14H16FNS. The second-order valence-corrected chi connectivity index (χ2v) is 5.33. The van der Waals surface area contributed by atoms with E-state index in [1.54, 1.807) is 17.4 Å². The molecule has 1 nitrogen and oxygen atoms in total. The number of halogens is 1. The van der Waals surface area contributed by atoms with Gasteiger partial charge in [0.25, 0.3) is 0 Å². The molecule has 1 atom stereocenters. The normalized spacial score (nSPS) is 12.7. The second-order valence-electron chi connectivity index (χ2n) is 4.21. The van der Waals surface area contributed by atoms with Gasteiger partial charge in [-0.1, -0.05) is 6.07 Å². The number of hydrogen-bond acceptors (Lipinski definition) is 2. The minimum Gasteiger partial charge on any atom is -0.309 e. The van der Waals surface area contributed by atoms with Crippen molar-refractivity contribution in [1.82, 2.24) is 5.32 Å². The topological polar surface area (TPSA) is 12.0 Å². The number of hydrogen-bond donors (Lipinski definition) is 1. The molecule has 17 heavy (non-hydrogen) atoms. The van der Waals surface area contributed by atoms with E-state index in [9.17, 15) is 4.39 Å². The highest BCUT2D eigenvalue weighted by Gasteiger charge is 2.15. The molecule has 0 radical (unpaired) electrons. The summed E-state index contributed by atoms with van der Waals surface area (Å²) in [6.07, 6.45) is 0. The first-order valence-corrected chi connectivity index (χ1v) is 6.48. The molecule has 90 valence electrons. The predicted octanol–water partition coefficient (Wildman–Crippen LogP) is 3.81. The zero-order chi connectivity index (χ0) is 12.4. The van der Waals surface area contributed by atoms with Gasteiger partial charge in [-0.25, -0.2) is 4.39 Å². The van der Waals surface area contributed by atoms with Crippen LogP contribution in [-0.2, 0) is 0 Å². The minimum atomic E-state index is -0.183. The predicted molar refractivity (Wildman–Crippen MR) is 71.1 cm³/mol. The molecule has 2 aromatic rings. The fourth-order valence-corrected chi connectivity index (χ4v) is 2.77. The quantitative estimate of drug-likeness (QED) is 0.872. The molecule has 1 unspecified atom stereocenters. The van der Waals surface area contributed by atoms with Gasteiger partial charge in [0, 0.05) is 4.88 Å². The molecule has 1 heterocycles. The zero-order valence-corrected chi connectivity index (χ0v) is 11.1. The van der Waals surface area contributed by atoms with Crippen LogP contribution in [0.3, 0.4) is 0 Å². The van der Waals surface area contributed by atoms with Gasteiger partial charge < -0.3 is 5.32 Å². The van der Waals surface area contributed by atoms with E-state index in [1.165, 1.54) is 16.5 Å². The van der Waals surface area contributed by atoms with Gasteiger partial charge in [-0.05, 0) is 61.2 Å². The summed E-state index contributed by atoms with van der Waals surface area (Å²) in [6, 6.07) is 7.16. The summed E-state index contributed by atoms with van der Waals surface area (Å²) in [5, 5.41) is 5.38. The number of benzene rings is 1. The van der Waals surface area contributed by atoms with Crippen LogP contribution in [0.25, 0.3) is 0 Å². The number of aryl methyl sites for hydroxylation is 2. The molecule has 0 saturated carbocycles. The van der Waals surface area contributed by atoms with Crippen LogP contribution in [0.5, 0.6) is 0 Å². The van der Waals surface area contributed by atoms with Crippen LogP contribution in [0, 0.1) is 19.7 Å². The van der Waals surface area contributed by atoms with E-state index in [0.29, 0.717) is 0 Å². The molecule has 0 spiro atoms. The Labute approximate surface area is 105 Å². The first-order chi connectivity index (χ1) is 8.11. The summed E-state index contributed by atoms with van der Waals surface area (Å²) in [5.41, 5.74) is 3.31.